The van der Waals surface area contributed by atoms with E-state index in [2.05, 4.69) is 0 Å². The van der Waals surface area contributed by atoms with Crippen molar-refractivity contribution < 1.29 is 48.2 Å². The van der Waals surface area contributed by atoms with Crippen LogP contribution in [0.3, 0.4) is 0 Å². The molecular weight excluding hydrogens is 287 g/mol. The van der Waals surface area contributed by atoms with E-state index in [1.807, 2.05) is 0 Å². The maximum atomic E-state index is 12.1. The van der Waals surface area contributed by atoms with Gasteiger partial charge in [-0.2, -0.15) is 26.3 Å². The second-order valence-corrected chi connectivity index (χ2v) is 3.19. The van der Waals surface area contributed by atoms with E-state index < -0.39 is 24.5 Å². The summed E-state index contributed by atoms with van der Waals surface area (Å²) in [5.41, 5.74) is -4.68. The molecular formula is C7H11CoF6NO. The molecule has 0 rings (SSSR count). The van der Waals surface area contributed by atoms with Gasteiger partial charge in [-0.1, -0.05) is 6.92 Å². The van der Waals surface area contributed by atoms with Crippen LogP contribution in [0.4, 0.5) is 26.3 Å². The minimum atomic E-state index is -5.74. The van der Waals surface area contributed by atoms with E-state index in [1.54, 1.807) is 0 Å². The van der Waals surface area contributed by atoms with Gasteiger partial charge < -0.3 is 10.0 Å². The third kappa shape index (κ3) is 3.79. The van der Waals surface area contributed by atoms with Gasteiger partial charge in [-0.15, -0.1) is 0 Å². The zero-order chi connectivity index (χ0) is 12.5. The van der Waals surface area contributed by atoms with Crippen molar-refractivity contribution in [2.45, 2.75) is 24.9 Å². The fourth-order valence-electron chi connectivity index (χ4n) is 0.842. The summed E-state index contributed by atoms with van der Waals surface area (Å²) < 4.78 is 72.6. The van der Waals surface area contributed by atoms with E-state index in [0.29, 0.717) is 0 Å². The van der Waals surface area contributed by atoms with Crippen LogP contribution in [0.1, 0.15) is 6.92 Å². The Kier molecular flexibility index (Phi) is 6.39. The molecule has 0 aliphatic carbocycles. The van der Waals surface area contributed by atoms with Crippen LogP contribution in [0.15, 0.2) is 0 Å². The Morgan fingerprint density at radius 1 is 1.00 bits per heavy atom. The van der Waals surface area contributed by atoms with Crippen molar-refractivity contribution in [3.8, 4) is 0 Å². The van der Waals surface area contributed by atoms with E-state index >= 15 is 0 Å². The Bertz CT molecular complexity index is 202. The third-order valence-electron chi connectivity index (χ3n) is 1.98. The normalized spacial score (nSPS) is 13.9. The van der Waals surface area contributed by atoms with Crippen LogP contribution in [0.5, 0.6) is 0 Å². The molecule has 0 fully saturated rings. The molecule has 0 aromatic heterocycles. The molecule has 0 bridgehead atoms. The second kappa shape index (κ2) is 5.56. The number of likely N-dealkylation sites (N-methyl/N-ethyl adjacent to an activating group) is 1. The Labute approximate surface area is 98.8 Å². The van der Waals surface area contributed by atoms with E-state index in [0.717, 1.165) is 11.9 Å². The van der Waals surface area contributed by atoms with Gasteiger partial charge in [0, 0.05) is 23.3 Å². The first-order valence-electron chi connectivity index (χ1n) is 4.00. The molecule has 0 aromatic rings. The zero-order valence-electron chi connectivity index (χ0n) is 8.41. The van der Waals surface area contributed by atoms with Crippen LogP contribution in [0.2, 0.25) is 0 Å². The van der Waals surface area contributed by atoms with E-state index in [4.69, 9.17) is 5.11 Å². The zero-order valence-corrected chi connectivity index (χ0v) is 9.45. The molecule has 0 amide bonds. The van der Waals surface area contributed by atoms with Gasteiger partial charge in [0.05, 0.1) is 0 Å². The molecule has 1 radical (unpaired) electrons. The molecule has 101 valence electrons. The Morgan fingerprint density at radius 3 is 1.50 bits per heavy atom. The van der Waals surface area contributed by atoms with E-state index in [1.165, 1.54) is 6.92 Å². The van der Waals surface area contributed by atoms with Gasteiger partial charge in [-0.25, -0.2) is 0 Å². The summed E-state index contributed by atoms with van der Waals surface area (Å²) in [6.45, 7) is -0.182. The second-order valence-electron chi connectivity index (χ2n) is 3.19. The summed E-state index contributed by atoms with van der Waals surface area (Å²) >= 11 is 0. The molecule has 0 unspecified atom stereocenters. The first-order valence-corrected chi connectivity index (χ1v) is 4.00. The smallest absolute Gasteiger partial charge is 0.373 e. The van der Waals surface area contributed by atoms with Crippen molar-refractivity contribution in [2.24, 2.45) is 0 Å². The average Bonchev–Trinajstić information content (AvgIpc) is 1.99. The number of hydrogen-bond acceptors (Lipinski definition) is 2. The molecule has 16 heavy (non-hydrogen) atoms. The number of rotatable bonds is 3. The van der Waals surface area contributed by atoms with Gasteiger partial charge >= 0.3 is 12.4 Å². The third-order valence-corrected chi connectivity index (χ3v) is 1.98. The summed E-state index contributed by atoms with van der Waals surface area (Å²) in [4.78, 5) is 0.737. The van der Waals surface area contributed by atoms with Crippen molar-refractivity contribution in [1.82, 2.24) is 4.90 Å². The van der Waals surface area contributed by atoms with Crippen LogP contribution in [0, 0.1) is 0 Å². The van der Waals surface area contributed by atoms with Crippen LogP contribution >= 0.6 is 0 Å². The van der Waals surface area contributed by atoms with E-state index in [9.17, 15) is 26.3 Å². The molecule has 0 aliphatic rings. The monoisotopic (exact) mass is 298 g/mol. The van der Waals surface area contributed by atoms with Gasteiger partial charge in [-0.05, 0) is 13.6 Å². The van der Waals surface area contributed by atoms with Crippen LogP contribution in [-0.4, -0.2) is 48.1 Å². The Hall–Kier alpha value is 0.00649. The van der Waals surface area contributed by atoms with Crippen molar-refractivity contribution in [2.75, 3.05) is 20.1 Å². The molecule has 0 heterocycles. The molecule has 2 nitrogen and oxygen atoms in total. The van der Waals surface area contributed by atoms with Crippen molar-refractivity contribution in [3.63, 3.8) is 0 Å². The van der Waals surface area contributed by atoms with Gasteiger partial charge in [0.15, 0.2) is 0 Å². The van der Waals surface area contributed by atoms with Gasteiger partial charge in [0.2, 0.25) is 0 Å². The summed E-state index contributed by atoms with van der Waals surface area (Å²) in [5, 5.41) is 8.69. The summed E-state index contributed by atoms with van der Waals surface area (Å²) in [7, 11) is 1.06. The van der Waals surface area contributed by atoms with Gasteiger partial charge in [0.25, 0.3) is 5.60 Å². The largest absolute Gasteiger partial charge is 0.427 e. The summed E-state index contributed by atoms with van der Waals surface area (Å²) in [5.74, 6) is 0. The van der Waals surface area contributed by atoms with Crippen LogP contribution in [0.25, 0.3) is 0 Å². The fraction of sp³-hybridized carbons (Fsp3) is 1.00. The molecule has 9 heteroatoms. The molecule has 0 spiro atoms. The van der Waals surface area contributed by atoms with Crippen LogP contribution in [-0.2, 0) is 16.8 Å². The molecule has 0 aromatic carbocycles. The molecule has 0 aliphatic heterocycles. The summed E-state index contributed by atoms with van der Waals surface area (Å²) in [6, 6.07) is 0. The topological polar surface area (TPSA) is 23.5 Å². The number of aliphatic hydroxyl groups is 1. The quantitative estimate of drug-likeness (QED) is 0.803. The van der Waals surface area contributed by atoms with Gasteiger partial charge in [0.1, 0.15) is 0 Å². The fourth-order valence-corrected chi connectivity index (χ4v) is 0.842. The van der Waals surface area contributed by atoms with Gasteiger partial charge in [-0.3, -0.25) is 0 Å². The Morgan fingerprint density at radius 2 is 1.31 bits per heavy atom. The molecule has 0 saturated heterocycles. The van der Waals surface area contributed by atoms with Crippen molar-refractivity contribution in [1.29, 1.82) is 0 Å². The standard InChI is InChI=1S/C7H11F6NO.Co/c1-3-14(2)4-5(15,6(8,9)10)7(11,12)13;/h15H,3-4H2,1-2H3;. The average molecular weight is 298 g/mol. The molecule has 0 atom stereocenters. The number of hydrogen-bond donors (Lipinski definition) is 1. The number of alkyl halides is 6. The first kappa shape index (κ1) is 18.4. The SMILES string of the molecule is CCN(C)CC(O)(C(F)(F)F)C(F)(F)F.[Co]. The van der Waals surface area contributed by atoms with Crippen LogP contribution < -0.4 is 0 Å². The molecule has 0 saturated carbocycles. The first-order chi connectivity index (χ1) is 6.45. The Balaban J connectivity index is 0. The molecule has 1 N–H and O–H groups in total. The number of nitrogens with zero attached hydrogens (tertiary/aromatic N) is 1. The number of halogens is 6. The minimum absolute atomic E-state index is 0. The predicted molar refractivity (Wildman–Crippen MR) is 40.2 cm³/mol. The predicted octanol–water partition coefficient (Wildman–Crippen LogP) is 1.79. The van der Waals surface area contributed by atoms with Crippen molar-refractivity contribution in [3.05, 3.63) is 0 Å². The maximum Gasteiger partial charge on any atom is 0.427 e. The van der Waals surface area contributed by atoms with E-state index in [-0.39, 0.29) is 23.3 Å². The van der Waals surface area contributed by atoms with Crippen molar-refractivity contribution >= 4 is 0 Å². The summed E-state index contributed by atoms with van der Waals surface area (Å²) in [6.07, 6.45) is -11.5. The minimum Gasteiger partial charge on any atom is -0.373 e. The maximum absolute atomic E-state index is 12.1.